The van der Waals surface area contributed by atoms with Crippen molar-refractivity contribution >= 4 is 5.78 Å². The van der Waals surface area contributed by atoms with Crippen molar-refractivity contribution in [3.05, 3.63) is 59.1 Å². The van der Waals surface area contributed by atoms with Crippen molar-refractivity contribution < 1.29 is 18.0 Å². The van der Waals surface area contributed by atoms with Gasteiger partial charge in [0.05, 0.1) is 11.8 Å². The van der Waals surface area contributed by atoms with Crippen LogP contribution >= 0.6 is 0 Å². The van der Waals surface area contributed by atoms with Crippen molar-refractivity contribution in [3.8, 4) is 0 Å². The van der Waals surface area contributed by atoms with Crippen LogP contribution in [0.5, 0.6) is 0 Å². The summed E-state index contributed by atoms with van der Waals surface area (Å²) in [5, 5.41) is 0. The summed E-state index contributed by atoms with van der Waals surface area (Å²) < 4.78 is 31.2. The van der Waals surface area contributed by atoms with Crippen molar-refractivity contribution in [3.63, 3.8) is 0 Å². The summed E-state index contributed by atoms with van der Waals surface area (Å²) in [6.45, 7) is 1.47. The van der Waals surface area contributed by atoms with Gasteiger partial charge in [-0.25, -0.2) is 8.78 Å². The van der Waals surface area contributed by atoms with Gasteiger partial charge < -0.3 is 4.42 Å². The maximum Gasteiger partial charge on any atom is 0.231 e. The predicted molar refractivity (Wildman–Crippen MR) is 53.2 cm³/mol. The van der Waals surface area contributed by atoms with Gasteiger partial charge in [-0.3, -0.25) is 4.79 Å². The van der Waals surface area contributed by atoms with Crippen molar-refractivity contribution in [1.29, 1.82) is 0 Å². The predicted octanol–water partition coefficient (Wildman–Crippen LogP) is 3.10. The van der Waals surface area contributed by atoms with E-state index in [-0.39, 0.29) is 16.9 Å². The third-order valence-electron chi connectivity index (χ3n) is 2.24. The summed E-state index contributed by atoms with van der Waals surface area (Å²) in [6, 6.07) is 4.84. The highest BCUT2D eigenvalue weighted by Gasteiger charge is 2.18. The molecular weight excluding hydrogens is 214 g/mol. The zero-order valence-electron chi connectivity index (χ0n) is 8.46. The van der Waals surface area contributed by atoms with Crippen molar-refractivity contribution in [2.45, 2.75) is 6.92 Å². The van der Waals surface area contributed by atoms with E-state index in [1.165, 1.54) is 31.4 Å². The van der Waals surface area contributed by atoms with Crippen LogP contribution in [0.4, 0.5) is 8.78 Å². The lowest BCUT2D eigenvalue weighted by atomic mass is 10.1. The molecule has 0 saturated heterocycles. The molecule has 0 aliphatic carbocycles. The molecule has 0 unspecified atom stereocenters. The van der Waals surface area contributed by atoms with E-state index in [0.717, 1.165) is 0 Å². The summed E-state index contributed by atoms with van der Waals surface area (Å²) in [5.74, 6) is -2.12. The second kappa shape index (κ2) is 3.89. The average Bonchev–Trinajstić information content (AvgIpc) is 2.75. The van der Waals surface area contributed by atoms with Crippen LogP contribution in [0.3, 0.4) is 0 Å². The molecule has 2 rings (SSSR count). The number of furan rings is 1. The van der Waals surface area contributed by atoms with Gasteiger partial charge in [-0.2, -0.15) is 0 Å². The standard InChI is InChI=1S/C12H8F2O2/c1-7-5-8(10(14)6-9(7)13)12(15)11-3-2-4-16-11/h2-6H,1H3. The fourth-order valence-corrected chi connectivity index (χ4v) is 1.37. The molecular formula is C12H8F2O2. The van der Waals surface area contributed by atoms with Crippen LogP contribution < -0.4 is 0 Å². The molecule has 4 heteroatoms. The highest BCUT2D eigenvalue weighted by Crippen LogP contribution is 2.18. The molecule has 0 aliphatic rings. The summed E-state index contributed by atoms with van der Waals surface area (Å²) in [7, 11) is 0. The van der Waals surface area contributed by atoms with Gasteiger partial charge in [0.25, 0.3) is 0 Å². The second-order valence-electron chi connectivity index (χ2n) is 3.39. The van der Waals surface area contributed by atoms with Crippen molar-refractivity contribution in [2.24, 2.45) is 0 Å². The highest BCUT2D eigenvalue weighted by atomic mass is 19.1. The number of carbonyl (C=O) groups excluding carboxylic acids is 1. The number of benzene rings is 1. The monoisotopic (exact) mass is 222 g/mol. The summed E-state index contributed by atoms with van der Waals surface area (Å²) in [4.78, 5) is 11.7. The number of carbonyl (C=O) groups is 1. The highest BCUT2D eigenvalue weighted by molar-refractivity contribution is 6.07. The fraction of sp³-hybridized carbons (Fsp3) is 0.0833. The minimum Gasteiger partial charge on any atom is -0.461 e. The first kappa shape index (κ1) is 10.5. The molecule has 16 heavy (non-hydrogen) atoms. The Morgan fingerprint density at radius 2 is 2.00 bits per heavy atom. The topological polar surface area (TPSA) is 30.2 Å². The van der Waals surface area contributed by atoms with E-state index in [9.17, 15) is 13.6 Å². The first-order chi connectivity index (χ1) is 7.59. The molecule has 0 aliphatic heterocycles. The van der Waals surface area contributed by atoms with Crippen LogP contribution in [0.2, 0.25) is 0 Å². The van der Waals surface area contributed by atoms with Crippen LogP contribution in [0.15, 0.2) is 34.9 Å². The van der Waals surface area contributed by atoms with E-state index in [4.69, 9.17) is 4.42 Å². The number of halogens is 2. The van der Waals surface area contributed by atoms with Crippen LogP contribution in [-0.2, 0) is 0 Å². The third-order valence-corrected chi connectivity index (χ3v) is 2.24. The maximum absolute atomic E-state index is 13.4. The molecule has 1 aromatic carbocycles. The van der Waals surface area contributed by atoms with E-state index in [1.807, 2.05) is 0 Å². The Balaban J connectivity index is 2.49. The van der Waals surface area contributed by atoms with Crippen molar-refractivity contribution in [2.75, 3.05) is 0 Å². The molecule has 0 N–H and O–H groups in total. The summed E-state index contributed by atoms with van der Waals surface area (Å²) in [5.41, 5.74) is 0.0326. The van der Waals surface area contributed by atoms with Gasteiger partial charge in [0.2, 0.25) is 5.78 Å². The largest absolute Gasteiger partial charge is 0.461 e. The quantitative estimate of drug-likeness (QED) is 0.731. The Hall–Kier alpha value is -1.97. The lowest BCUT2D eigenvalue weighted by Gasteiger charge is -2.02. The Morgan fingerprint density at radius 3 is 2.62 bits per heavy atom. The molecule has 1 heterocycles. The molecule has 1 aromatic heterocycles. The zero-order valence-corrected chi connectivity index (χ0v) is 8.46. The first-order valence-electron chi connectivity index (χ1n) is 4.63. The van der Waals surface area contributed by atoms with Gasteiger partial charge in [-0.05, 0) is 30.7 Å². The normalized spacial score (nSPS) is 10.4. The third kappa shape index (κ3) is 1.74. The van der Waals surface area contributed by atoms with Crippen LogP contribution in [0.25, 0.3) is 0 Å². The molecule has 0 atom stereocenters. The van der Waals surface area contributed by atoms with Gasteiger partial charge in [0.15, 0.2) is 5.76 Å². The zero-order chi connectivity index (χ0) is 11.7. The Bertz CT molecular complexity index is 530. The van der Waals surface area contributed by atoms with E-state index in [2.05, 4.69) is 0 Å². The molecule has 0 amide bonds. The lowest BCUT2D eigenvalue weighted by Crippen LogP contribution is -2.04. The molecule has 0 spiro atoms. The first-order valence-corrected chi connectivity index (χ1v) is 4.63. The van der Waals surface area contributed by atoms with Crippen molar-refractivity contribution in [1.82, 2.24) is 0 Å². The molecule has 2 aromatic rings. The molecule has 2 nitrogen and oxygen atoms in total. The molecule has 82 valence electrons. The number of rotatable bonds is 2. The van der Waals surface area contributed by atoms with Gasteiger partial charge in [-0.1, -0.05) is 0 Å². The number of hydrogen-bond donors (Lipinski definition) is 0. The molecule has 0 fully saturated rings. The second-order valence-corrected chi connectivity index (χ2v) is 3.39. The minimum absolute atomic E-state index is 0.0323. The summed E-state index contributed by atoms with van der Waals surface area (Å²) >= 11 is 0. The van der Waals surface area contributed by atoms with E-state index in [1.54, 1.807) is 0 Å². The molecule has 0 radical (unpaired) electrons. The Labute approximate surface area is 90.5 Å². The van der Waals surface area contributed by atoms with Gasteiger partial charge in [-0.15, -0.1) is 0 Å². The number of aryl methyl sites for hydroxylation is 1. The number of ketones is 1. The Morgan fingerprint density at radius 1 is 1.25 bits per heavy atom. The van der Waals surface area contributed by atoms with Crippen LogP contribution in [0, 0.1) is 18.6 Å². The van der Waals surface area contributed by atoms with E-state index < -0.39 is 17.4 Å². The number of hydrogen-bond acceptors (Lipinski definition) is 2. The SMILES string of the molecule is Cc1cc(C(=O)c2ccco2)c(F)cc1F. The van der Waals surface area contributed by atoms with Crippen LogP contribution in [0.1, 0.15) is 21.7 Å². The van der Waals surface area contributed by atoms with Gasteiger partial charge >= 0.3 is 0 Å². The van der Waals surface area contributed by atoms with Gasteiger partial charge in [0.1, 0.15) is 11.6 Å². The van der Waals surface area contributed by atoms with E-state index in [0.29, 0.717) is 6.07 Å². The average molecular weight is 222 g/mol. The fourth-order valence-electron chi connectivity index (χ4n) is 1.37. The Kier molecular flexibility index (Phi) is 2.56. The minimum atomic E-state index is -0.885. The van der Waals surface area contributed by atoms with Gasteiger partial charge in [0, 0.05) is 6.07 Å². The summed E-state index contributed by atoms with van der Waals surface area (Å²) in [6.07, 6.45) is 1.32. The smallest absolute Gasteiger partial charge is 0.231 e. The van der Waals surface area contributed by atoms with Crippen LogP contribution in [-0.4, -0.2) is 5.78 Å². The molecule has 0 bridgehead atoms. The maximum atomic E-state index is 13.4. The molecule has 0 saturated carbocycles. The lowest BCUT2D eigenvalue weighted by molar-refractivity contribution is 0.100. The van der Waals surface area contributed by atoms with E-state index >= 15 is 0 Å².